The Balaban J connectivity index is 0.000000157. The van der Waals surface area contributed by atoms with Crippen LogP contribution in [-0.2, 0) is 33.4 Å². The summed E-state index contributed by atoms with van der Waals surface area (Å²) in [6.45, 7) is 2.88. The molecule has 3 saturated heterocycles. The summed E-state index contributed by atoms with van der Waals surface area (Å²) in [6, 6.07) is 33.2. The molecular weight excluding hydrogens is 1110 g/mol. The topological polar surface area (TPSA) is 371 Å². The van der Waals surface area contributed by atoms with Crippen molar-refractivity contribution in [2.24, 2.45) is 35.4 Å². The van der Waals surface area contributed by atoms with Gasteiger partial charge in [0.15, 0.2) is 34.5 Å². The van der Waals surface area contributed by atoms with Crippen LogP contribution in [0.2, 0.25) is 0 Å². The number of carbonyl (C=O) groups is 7. The van der Waals surface area contributed by atoms with Crippen LogP contribution in [0, 0.1) is 29.6 Å². The average Bonchev–Trinajstić information content (AvgIpc) is 2.05. The lowest BCUT2D eigenvalue weighted by atomic mass is 9.72. The lowest BCUT2D eigenvalue weighted by molar-refractivity contribution is -0.156. The number of carbonyl (C=O) groups excluding carboxylic acids is 6. The van der Waals surface area contributed by atoms with Crippen molar-refractivity contribution < 1.29 is 70.9 Å². The van der Waals surface area contributed by atoms with Gasteiger partial charge in [0.25, 0.3) is 11.8 Å². The molecule has 6 fully saturated rings. The normalized spacial score (nSPS) is 20.7. The number of Topliss-reactive ketones (excluding diaryl/α,β-unsaturated/α-hetero) is 1. The number of carboxylic acid groups (broad SMARTS) is 1. The molecule has 8 N–H and O–H groups in total. The van der Waals surface area contributed by atoms with Gasteiger partial charge in [0, 0.05) is 71.1 Å². The summed E-state index contributed by atoms with van der Waals surface area (Å²) in [4.78, 5) is 81.7. The minimum absolute atomic E-state index is 0. The summed E-state index contributed by atoms with van der Waals surface area (Å²) in [5, 5.41) is 33.6. The number of amides is 5. The standard InChI is InChI=1S/C20H19N3O4.C19H20N4O5.C15H16N4O3.C4H6O3.2CH4/c24-17(16-9-18(27-23-16)13-4-2-1-3-5-13)8-12-6-14(7-12)19-21-22-20(26-19)15-10-25-11-15;24-17(21-22-18(25)13-9-27-10-13)12-6-14(7-12)20-19(26)15-8-16(28-23-15)11-4-2-1-3-5-11;16-18-14(20)10-6-11(7-10)17-15(21)12-8-13(22-19-12)9-4-2-1-3-5-9;5-4(6)3-1-7-2-3;;/h1-5,9,12,14-15H,6-8,10-11H2;1-5,8,12-14H,6-7,9-10H2,(H,20,26)(H,21,24)(H,22,25);1-5,8,10-11H,6-7,16H2,(H,17,21)(H,18,20);3H,1-2H2,(H,5,6);2*1H4. The second-order valence-electron chi connectivity index (χ2n) is 21.2. The van der Waals surface area contributed by atoms with Crippen molar-refractivity contribution in [1.29, 1.82) is 0 Å². The van der Waals surface area contributed by atoms with E-state index >= 15 is 0 Å². The number of ketones is 1. The van der Waals surface area contributed by atoms with Gasteiger partial charge in [0.2, 0.25) is 29.5 Å². The summed E-state index contributed by atoms with van der Waals surface area (Å²) in [5.74, 6) is 6.05. The molecule has 4 aromatic heterocycles. The third kappa shape index (κ3) is 15.9. The summed E-state index contributed by atoms with van der Waals surface area (Å²) in [7, 11) is 0. The molecule has 7 heterocycles. The van der Waals surface area contributed by atoms with Gasteiger partial charge in [-0.3, -0.25) is 49.8 Å². The zero-order chi connectivity index (χ0) is 58.5. The first-order chi connectivity index (χ1) is 40.8. The second kappa shape index (κ2) is 29.5. The van der Waals surface area contributed by atoms with Crippen LogP contribution < -0.4 is 32.8 Å². The van der Waals surface area contributed by atoms with Gasteiger partial charge in [-0.15, -0.1) is 10.2 Å². The molecular formula is C60H69N11O15. The molecule has 454 valence electrons. The predicted molar refractivity (Wildman–Crippen MR) is 304 cm³/mol. The molecule has 26 nitrogen and oxygen atoms in total. The number of hydrogen-bond donors (Lipinski definition) is 7. The van der Waals surface area contributed by atoms with E-state index in [4.69, 9.17) is 38.4 Å². The Morgan fingerprint density at radius 3 is 1.27 bits per heavy atom. The Morgan fingerprint density at radius 2 is 0.884 bits per heavy atom. The molecule has 3 aromatic carbocycles. The fourth-order valence-corrected chi connectivity index (χ4v) is 9.44. The highest BCUT2D eigenvalue weighted by molar-refractivity contribution is 5.96. The number of hydrazine groups is 2. The molecule has 0 radical (unpaired) electrons. The van der Waals surface area contributed by atoms with Gasteiger partial charge in [-0.2, -0.15) is 0 Å². The minimum atomic E-state index is -0.744. The van der Waals surface area contributed by atoms with E-state index < -0.39 is 5.97 Å². The highest BCUT2D eigenvalue weighted by atomic mass is 16.5. The third-order valence-electron chi connectivity index (χ3n) is 15.1. The predicted octanol–water partition coefficient (Wildman–Crippen LogP) is 6.08. The molecule has 3 saturated carbocycles. The first-order valence-corrected chi connectivity index (χ1v) is 27.4. The highest BCUT2D eigenvalue weighted by Gasteiger charge is 2.39. The largest absolute Gasteiger partial charge is 0.481 e. The van der Waals surface area contributed by atoms with Crippen LogP contribution in [0.5, 0.6) is 0 Å². The Kier molecular flexibility index (Phi) is 21.6. The molecule has 0 unspecified atom stereocenters. The van der Waals surface area contributed by atoms with Crippen molar-refractivity contribution in [3.8, 4) is 34.0 Å². The molecule has 26 heteroatoms. The zero-order valence-electron chi connectivity index (χ0n) is 45.3. The lowest BCUT2D eigenvalue weighted by Gasteiger charge is -2.34. The number of rotatable bonds is 16. The molecule has 3 aliphatic heterocycles. The quantitative estimate of drug-likeness (QED) is 0.0249. The van der Waals surface area contributed by atoms with Gasteiger partial charge in [-0.1, -0.05) is 121 Å². The van der Waals surface area contributed by atoms with Crippen molar-refractivity contribution in [3.05, 3.63) is 138 Å². The molecule has 7 aromatic rings. The maximum absolute atomic E-state index is 12.5. The van der Waals surface area contributed by atoms with Gasteiger partial charge in [0.05, 0.1) is 51.5 Å². The maximum atomic E-state index is 12.5. The number of ether oxygens (including phenoxy) is 3. The molecule has 0 bridgehead atoms. The van der Waals surface area contributed by atoms with Crippen LogP contribution in [0.15, 0.2) is 127 Å². The molecule has 0 atom stereocenters. The number of hydrogen-bond acceptors (Lipinski definition) is 20. The highest BCUT2D eigenvalue weighted by Crippen LogP contribution is 2.44. The minimum Gasteiger partial charge on any atom is -0.481 e. The fourth-order valence-electron chi connectivity index (χ4n) is 9.44. The molecule has 0 spiro atoms. The summed E-state index contributed by atoms with van der Waals surface area (Å²) < 4.78 is 36.2. The Bertz CT molecular complexity index is 3380. The maximum Gasteiger partial charge on any atom is 0.311 e. The van der Waals surface area contributed by atoms with E-state index in [0.717, 1.165) is 29.5 Å². The van der Waals surface area contributed by atoms with Gasteiger partial charge in [0.1, 0.15) is 11.6 Å². The van der Waals surface area contributed by atoms with Gasteiger partial charge in [-0.25, -0.2) is 5.84 Å². The van der Waals surface area contributed by atoms with E-state index in [9.17, 15) is 33.6 Å². The van der Waals surface area contributed by atoms with Crippen LogP contribution >= 0.6 is 0 Å². The molecule has 5 amide bonds. The summed E-state index contributed by atoms with van der Waals surface area (Å²) in [6.07, 6.45) is 4.41. The van der Waals surface area contributed by atoms with Crippen LogP contribution in [0.25, 0.3) is 34.0 Å². The molecule has 3 aliphatic carbocycles. The number of nitrogens with one attached hydrogen (secondary N) is 5. The summed E-state index contributed by atoms with van der Waals surface area (Å²) >= 11 is 0. The van der Waals surface area contributed by atoms with Crippen molar-refractivity contribution in [1.82, 2.24) is 52.6 Å². The van der Waals surface area contributed by atoms with Crippen molar-refractivity contribution in [3.63, 3.8) is 0 Å². The fraction of sp³-hybridized carbons (Fsp3) is 0.400. The van der Waals surface area contributed by atoms with Crippen LogP contribution in [0.1, 0.15) is 115 Å². The van der Waals surface area contributed by atoms with Crippen LogP contribution in [-0.4, -0.2) is 124 Å². The number of nitrogens with two attached hydrogens (primary N) is 1. The number of carboxylic acids is 1. The summed E-state index contributed by atoms with van der Waals surface area (Å²) in [5.41, 5.74) is 10.4. The smallest absolute Gasteiger partial charge is 0.311 e. The van der Waals surface area contributed by atoms with Gasteiger partial charge >= 0.3 is 5.97 Å². The first-order valence-electron chi connectivity index (χ1n) is 27.4. The Hall–Kier alpha value is -9.24. The van der Waals surface area contributed by atoms with E-state index in [-0.39, 0.29) is 109 Å². The molecule has 86 heavy (non-hydrogen) atoms. The average molecular weight is 1180 g/mol. The van der Waals surface area contributed by atoms with E-state index in [1.54, 1.807) is 18.2 Å². The number of nitrogens with zero attached hydrogens (tertiary/aromatic N) is 5. The van der Waals surface area contributed by atoms with E-state index in [1.807, 2.05) is 91.0 Å². The lowest BCUT2D eigenvalue weighted by Crippen LogP contribution is -2.55. The van der Waals surface area contributed by atoms with Crippen molar-refractivity contribution in [2.45, 2.75) is 83.7 Å². The van der Waals surface area contributed by atoms with E-state index in [2.05, 4.69) is 57.3 Å². The van der Waals surface area contributed by atoms with Crippen molar-refractivity contribution in [2.75, 3.05) is 39.6 Å². The van der Waals surface area contributed by atoms with Crippen LogP contribution in [0.3, 0.4) is 0 Å². The number of benzene rings is 3. The number of aliphatic carboxylic acids is 1. The monoisotopic (exact) mass is 1180 g/mol. The number of aromatic nitrogens is 5. The first kappa shape index (κ1) is 62.8. The van der Waals surface area contributed by atoms with Gasteiger partial charge < -0.3 is 47.9 Å². The zero-order valence-corrected chi connectivity index (χ0v) is 45.3. The van der Waals surface area contributed by atoms with Crippen LogP contribution in [0.4, 0.5) is 0 Å². The molecule has 6 aliphatic rings. The third-order valence-corrected chi connectivity index (χ3v) is 15.1. The van der Waals surface area contributed by atoms with E-state index in [0.29, 0.717) is 112 Å². The SMILES string of the molecule is C.C.NNC(=O)C1CC(NC(=O)c2cc(-c3ccccc3)on2)C1.O=C(CC1CC(c2nnc(C3COC3)o2)C1)c1cc(-c2ccccc2)on1.O=C(NC1CC(C(=O)NNC(=O)C2COC2)C1)c1cc(-c2ccccc2)on1.O=C(O)C1COC1. The Labute approximate surface area is 493 Å². The van der Waals surface area contributed by atoms with E-state index in [1.165, 1.54) is 0 Å². The van der Waals surface area contributed by atoms with Crippen molar-refractivity contribution >= 4 is 41.3 Å². The second-order valence-corrected chi connectivity index (χ2v) is 21.2. The Morgan fingerprint density at radius 1 is 0.488 bits per heavy atom. The van der Waals surface area contributed by atoms with Gasteiger partial charge in [-0.05, 0) is 44.4 Å². The molecule has 13 rings (SSSR count).